The first-order chi connectivity index (χ1) is 8.11. The molecule has 1 fully saturated rings. The van der Waals surface area contributed by atoms with Crippen molar-refractivity contribution >= 4 is 5.90 Å². The van der Waals surface area contributed by atoms with Crippen LogP contribution in [0.1, 0.15) is 59.8 Å². The average Bonchev–Trinajstić information content (AvgIpc) is 2.74. The molecule has 2 heteroatoms. The molecule has 0 aromatic heterocycles. The molecule has 0 amide bonds. The third kappa shape index (κ3) is 2.66. The molecule has 0 radical (unpaired) electrons. The van der Waals surface area contributed by atoms with Gasteiger partial charge in [-0.15, -0.1) is 0 Å². The van der Waals surface area contributed by atoms with Gasteiger partial charge < -0.3 is 4.74 Å². The molecular formula is C15H28NO+. The van der Waals surface area contributed by atoms with Crippen LogP contribution in [-0.4, -0.2) is 29.2 Å². The first-order valence-corrected chi connectivity index (χ1v) is 7.39. The molecule has 0 aromatic carbocycles. The van der Waals surface area contributed by atoms with Crippen LogP contribution < -0.4 is 0 Å². The Morgan fingerprint density at radius 1 is 1.06 bits per heavy atom. The van der Waals surface area contributed by atoms with Crippen LogP contribution in [0.15, 0.2) is 0 Å². The summed E-state index contributed by atoms with van der Waals surface area (Å²) in [5.41, 5.74) is 0. The van der Waals surface area contributed by atoms with Gasteiger partial charge >= 0.3 is 5.90 Å². The van der Waals surface area contributed by atoms with E-state index in [4.69, 9.17) is 4.74 Å². The van der Waals surface area contributed by atoms with Gasteiger partial charge in [0.25, 0.3) is 0 Å². The van der Waals surface area contributed by atoms with E-state index in [1.807, 2.05) is 0 Å². The molecule has 2 nitrogen and oxygen atoms in total. The van der Waals surface area contributed by atoms with Crippen molar-refractivity contribution in [2.45, 2.75) is 71.9 Å². The van der Waals surface area contributed by atoms with Gasteiger partial charge in [0.1, 0.15) is 0 Å². The summed E-state index contributed by atoms with van der Waals surface area (Å²) in [6.07, 6.45) is 7.09. The Morgan fingerprint density at radius 2 is 1.71 bits per heavy atom. The Kier molecular flexibility index (Phi) is 4.11. The lowest BCUT2D eigenvalue weighted by atomic mass is 9.84. The standard InChI is InChI=1S/C15H28NO/c1-11(2)15-16(12(3)4)14(10-17-15)13-8-6-5-7-9-13/h11-14H,5-10H2,1-4H3/q+1/t14-/m0/s1. The van der Waals surface area contributed by atoms with Crippen LogP contribution >= 0.6 is 0 Å². The van der Waals surface area contributed by atoms with Crippen molar-refractivity contribution in [2.75, 3.05) is 6.61 Å². The Balaban J connectivity index is 2.17. The van der Waals surface area contributed by atoms with Crippen molar-refractivity contribution in [1.29, 1.82) is 0 Å². The minimum absolute atomic E-state index is 0.519. The molecule has 98 valence electrons. The molecule has 2 rings (SSSR count). The van der Waals surface area contributed by atoms with E-state index in [2.05, 4.69) is 32.3 Å². The van der Waals surface area contributed by atoms with Gasteiger partial charge in [-0.25, -0.2) is 0 Å². The van der Waals surface area contributed by atoms with Gasteiger partial charge in [-0.1, -0.05) is 19.3 Å². The number of hydrogen-bond donors (Lipinski definition) is 0. The van der Waals surface area contributed by atoms with Crippen molar-refractivity contribution in [3.63, 3.8) is 0 Å². The summed E-state index contributed by atoms with van der Waals surface area (Å²) in [5.74, 6) is 2.61. The van der Waals surface area contributed by atoms with Gasteiger partial charge in [0, 0.05) is 5.92 Å². The van der Waals surface area contributed by atoms with E-state index in [1.165, 1.54) is 38.0 Å². The van der Waals surface area contributed by atoms with Crippen LogP contribution in [0, 0.1) is 11.8 Å². The first-order valence-electron chi connectivity index (χ1n) is 7.39. The molecular weight excluding hydrogens is 210 g/mol. The highest BCUT2D eigenvalue weighted by atomic mass is 16.5. The van der Waals surface area contributed by atoms with E-state index in [1.54, 1.807) is 0 Å². The molecule has 0 bridgehead atoms. The summed E-state index contributed by atoms with van der Waals surface area (Å²) < 4.78 is 8.57. The van der Waals surface area contributed by atoms with Crippen LogP contribution in [-0.2, 0) is 4.74 Å². The second kappa shape index (κ2) is 5.41. The lowest BCUT2D eigenvalue weighted by Crippen LogP contribution is -2.39. The zero-order chi connectivity index (χ0) is 12.4. The van der Waals surface area contributed by atoms with E-state index >= 15 is 0 Å². The average molecular weight is 238 g/mol. The van der Waals surface area contributed by atoms with Crippen molar-refractivity contribution < 1.29 is 9.31 Å². The Hall–Kier alpha value is -0.530. The molecule has 0 N–H and O–H groups in total. The zero-order valence-electron chi connectivity index (χ0n) is 11.9. The maximum Gasteiger partial charge on any atom is 0.339 e. The third-order valence-electron chi connectivity index (χ3n) is 4.26. The maximum absolute atomic E-state index is 6.00. The van der Waals surface area contributed by atoms with Gasteiger partial charge in [-0.3, -0.25) is 0 Å². The van der Waals surface area contributed by atoms with Gasteiger partial charge in [-0.05, 0) is 40.5 Å². The number of ether oxygens (including phenoxy) is 1. The predicted molar refractivity (Wildman–Crippen MR) is 71.6 cm³/mol. The van der Waals surface area contributed by atoms with E-state index in [9.17, 15) is 0 Å². The molecule has 1 aliphatic carbocycles. The molecule has 1 aliphatic heterocycles. The molecule has 0 spiro atoms. The van der Waals surface area contributed by atoms with Crippen molar-refractivity contribution in [2.24, 2.45) is 11.8 Å². The van der Waals surface area contributed by atoms with Gasteiger partial charge in [0.15, 0.2) is 18.7 Å². The second-order valence-corrected chi connectivity index (χ2v) is 6.27. The fourth-order valence-corrected chi connectivity index (χ4v) is 3.47. The van der Waals surface area contributed by atoms with Crippen LogP contribution in [0.3, 0.4) is 0 Å². The van der Waals surface area contributed by atoms with E-state index in [0.717, 1.165) is 12.5 Å². The summed E-state index contributed by atoms with van der Waals surface area (Å²) >= 11 is 0. The van der Waals surface area contributed by atoms with Crippen LogP contribution in [0.25, 0.3) is 0 Å². The normalized spacial score (nSPS) is 27.1. The molecule has 1 saturated carbocycles. The van der Waals surface area contributed by atoms with Gasteiger partial charge in [-0.2, -0.15) is 4.58 Å². The highest BCUT2D eigenvalue weighted by Gasteiger charge is 2.42. The van der Waals surface area contributed by atoms with E-state index in [-0.39, 0.29) is 0 Å². The SMILES string of the molecule is CC(C)C1=[N+](C(C)C)[C@H](C2CCCCC2)CO1. The van der Waals surface area contributed by atoms with Crippen molar-refractivity contribution in [1.82, 2.24) is 0 Å². The lowest BCUT2D eigenvalue weighted by molar-refractivity contribution is -0.595. The minimum atomic E-state index is 0.519. The highest BCUT2D eigenvalue weighted by molar-refractivity contribution is 5.74. The Morgan fingerprint density at radius 3 is 2.24 bits per heavy atom. The largest absolute Gasteiger partial charge is 0.441 e. The van der Waals surface area contributed by atoms with Crippen LogP contribution in [0.2, 0.25) is 0 Å². The summed E-state index contributed by atoms with van der Waals surface area (Å²) in [6, 6.07) is 1.22. The summed E-state index contributed by atoms with van der Waals surface area (Å²) in [6.45, 7) is 10.0. The molecule has 1 heterocycles. The summed E-state index contributed by atoms with van der Waals surface area (Å²) in [4.78, 5) is 0. The predicted octanol–water partition coefficient (Wildman–Crippen LogP) is 3.44. The van der Waals surface area contributed by atoms with Crippen LogP contribution in [0.4, 0.5) is 0 Å². The highest BCUT2D eigenvalue weighted by Crippen LogP contribution is 2.31. The molecule has 2 aliphatic rings. The Labute approximate surface area is 106 Å². The molecule has 0 saturated heterocycles. The minimum Gasteiger partial charge on any atom is -0.441 e. The fourth-order valence-electron chi connectivity index (χ4n) is 3.47. The second-order valence-electron chi connectivity index (χ2n) is 6.27. The number of nitrogens with zero attached hydrogens (tertiary/aromatic N) is 1. The van der Waals surface area contributed by atoms with Gasteiger partial charge in [0.2, 0.25) is 0 Å². The lowest BCUT2D eigenvalue weighted by Gasteiger charge is -2.25. The molecule has 0 unspecified atom stereocenters. The van der Waals surface area contributed by atoms with Crippen molar-refractivity contribution in [3.8, 4) is 0 Å². The monoisotopic (exact) mass is 238 g/mol. The topological polar surface area (TPSA) is 12.2 Å². The van der Waals surface area contributed by atoms with E-state index < -0.39 is 0 Å². The molecule has 17 heavy (non-hydrogen) atoms. The van der Waals surface area contributed by atoms with Crippen molar-refractivity contribution in [3.05, 3.63) is 0 Å². The third-order valence-corrected chi connectivity index (χ3v) is 4.26. The van der Waals surface area contributed by atoms with Crippen LogP contribution in [0.5, 0.6) is 0 Å². The number of rotatable bonds is 3. The summed E-state index contributed by atoms with van der Waals surface area (Å²) in [7, 11) is 0. The fraction of sp³-hybridized carbons (Fsp3) is 0.933. The molecule has 1 atom stereocenters. The number of hydrogen-bond acceptors (Lipinski definition) is 1. The maximum atomic E-state index is 6.00. The summed E-state index contributed by atoms with van der Waals surface area (Å²) in [5, 5.41) is 0. The first kappa shape index (κ1) is 12.9. The quantitative estimate of drug-likeness (QED) is 0.686. The Bertz CT molecular complexity index is 287. The van der Waals surface area contributed by atoms with Gasteiger partial charge in [0.05, 0.1) is 5.92 Å². The smallest absolute Gasteiger partial charge is 0.339 e. The zero-order valence-corrected chi connectivity index (χ0v) is 11.9. The molecule has 0 aromatic rings. The van der Waals surface area contributed by atoms with E-state index in [0.29, 0.717) is 18.0 Å².